The number of amides is 2. The maximum atomic E-state index is 13.9. The van der Waals surface area contributed by atoms with Crippen LogP contribution >= 0.6 is 11.8 Å². The number of nitrogens with one attached hydrogen (secondary N) is 1. The molecule has 4 aromatic rings. The maximum absolute atomic E-state index is 13.9. The smallest absolute Gasteiger partial charge is 0.240 e. The normalized spacial score (nSPS) is 14.7. The van der Waals surface area contributed by atoms with Gasteiger partial charge in [0.25, 0.3) is 0 Å². The van der Waals surface area contributed by atoms with E-state index in [9.17, 15) is 9.59 Å². The lowest BCUT2D eigenvalue weighted by atomic mass is 9.99. The van der Waals surface area contributed by atoms with E-state index in [4.69, 9.17) is 19.3 Å². The Labute approximate surface area is 249 Å². The molecule has 0 unspecified atom stereocenters. The largest absolute Gasteiger partial charge is 0.493 e. The summed E-state index contributed by atoms with van der Waals surface area (Å²) in [6.07, 6.45) is 0. The molecule has 1 aliphatic rings. The summed E-state index contributed by atoms with van der Waals surface area (Å²) in [6.45, 7) is 2.58. The average Bonchev–Trinajstić information content (AvgIpc) is 3.34. The fourth-order valence-corrected chi connectivity index (χ4v) is 6.23. The number of fused-ring (bicyclic) bond motifs is 1. The molecule has 0 spiro atoms. The number of rotatable bonds is 10. The molecule has 1 aromatic heterocycles. The number of carbonyl (C=O) groups is 2. The van der Waals surface area contributed by atoms with Crippen molar-refractivity contribution in [2.45, 2.75) is 12.2 Å². The van der Waals surface area contributed by atoms with Gasteiger partial charge < -0.3 is 19.5 Å². The SMILES string of the molecule is COCCNC(=O)CN1C(=O)CS[C@@H](c2ccc(OC)c(OC)c2)c2c(-c3ccccc3)nn(-c3cccc(C)c3)c21. The molecule has 1 atom stereocenters. The molecule has 218 valence electrons. The van der Waals surface area contributed by atoms with E-state index >= 15 is 0 Å². The second kappa shape index (κ2) is 13.1. The molecule has 0 bridgehead atoms. The zero-order chi connectivity index (χ0) is 29.6. The molecule has 1 aliphatic heterocycles. The van der Waals surface area contributed by atoms with Crippen molar-refractivity contribution in [2.75, 3.05) is 51.7 Å². The van der Waals surface area contributed by atoms with Crippen molar-refractivity contribution in [2.24, 2.45) is 0 Å². The van der Waals surface area contributed by atoms with E-state index in [1.807, 2.05) is 79.7 Å². The van der Waals surface area contributed by atoms with E-state index in [-0.39, 0.29) is 29.4 Å². The van der Waals surface area contributed by atoms with Crippen LogP contribution in [0, 0.1) is 6.92 Å². The number of benzene rings is 3. The molecule has 2 heterocycles. The van der Waals surface area contributed by atoms with Gasteiger partial charge in [-0.25, -0.2) is 4.68 Å². The minimum atomic E-state index is -0.293. The zero-order valence-electron chi connectivity index (χ0n) is 24.1. The van der Waals surface area contributed by atoms with E-state index in [1.54, 1.807) is 30.9 Å². The van der Waals surface area contributed by atoms with Crippen LogP contribution in [0.15, 0.2) is 72.8 Å². The van der Waals surface area contributed by atoms with E-state index in [2.05, 4.69) is 5.32 Å². The summed E-state index contributed by atoms with van der Waals surface area (Å²) in [7, 11) is 4.78. The quantitative estimate of drug-likeness (QED) is 0.267. The summed E-state index contributed by atoms with van der Waals surface area (Å²) in [4.78, 5) is 28.5. The van der Waals surface area contributed by atoms with Gasteiger partial charge in [0.15, 0.2) is 11.5 Å². The van der Waals surface area contributed by atoms with Gasteiger partial charge in [0.2, 0.25) is 11.8 Å². The van der Waals surface area contributed by atoms with Crippen molar-refractivity contribution in [1.82, 2.24) is 15.1 Å². The van der Waals surface area contributed by atoms with E-state index in [0.717, 1.165) is 33.6 Å². The third kappa shape index (κ3) is 6.00. The number of methoxy groups -OCH3 is 3. The first-order valence-electron chi connectivity index (χ1n) is 13.6. The minimum Gasteiger partial charge on any atom is -0.493 e. The maximum Gasteiger partial charge on any atom is 0.240 e. The molecule has 3 aromatic carbocycles. The van der Waals surface area contributed by atoms with Gasteiger partial charge in [-0.3, -0.25) is 14.5 Å². The number of hydrogen-bond acceptors (Lipinski definition) is 7. The topological polar surface area (TPSA) is 94.9 Å². The number of hydrogen-bond donors (Lipinski definition) is 1. The summed E-state index contributed by atoms with van der Waals surface area (Å²) in [5.74, 6) is 1.48. The zero-order valence-corrected chi connectivity index (χ0v) is 24.9. The van der Waals surface area contributed by atoms with Crippen LogP contribution in [0.3, 0.4) is 0 Å². The van der Waals surface area contributed by atoms with Crippen molar-refractivity contribution in [3.8, 4) is 28.4 Å². The van der Waals surface area contributed by atoms with Crippen LogP contribution in [-0.4, -0.2) is 68.4 Å². The van der Waals surface area contributed by atoms with Gasteiger partial charge in [0.05, 0.1) is 43.2 Å². The minimum absolute atomic E-state index is 0.152. The van der Waals surface area contributed by atoms with Crippen LogP contribution in [0.25, 0.3) is 16.9 Å². The van der Waals surface area contributed by atoms with Crippen LogP contribution < -0.4 is 19.7 Å². The predicted octanol–water partition coefficient (Wildman–Crippen LogP) is 4.80. The molecule has 0 fully saturated rings. The highest BCUT2D eigenvalue weighted by Gasteiger charge is 2.38. The lowest BCUT2D eigenvalue weighted by molar-refractivity contribution is -0.123. The lowest BCUT2D eigenvalue weighted by Crippen LogP contribution is -2.43. The number of aryl methyl sites for hydroxylation is 1. The van der Waals surface area contributed by atoms with Crippen molar-refractivity contribution in [1.29, 1.82) is 0 Å². The van der Waals surface area contributed by atoms with Crippen molar-refractivity contribution in [3.63, 3.8) is 0 Å². The highest BCUT2D eigenvalue weighted by Crippen LogP contribution is 2.49. The van der Waals surface area contributed by atoms with Gasteiger partial charge in [-0.1, -0.05) is 48.5 Å². The summed E-state index contributed by atoms with van der Waals surface area (Å²) in [6, 6.07) is 23.7. The molecular formula is C32H34N4O5S. The highest BCUT2D eigenvalue weighted by molar-refractivity contribution is 8.00. The highest BCUT2D eigenvalue weighted by atomic mass is 32.2. The summed E-state index contributed by atoms with van der Waals surface area (Å²) >= 11 is 1.50. The Morgan fingerprint density at radius 1 is 1.00 bits per heavy atom. The van der Waals surface area contributed by atoms with E-state index < -0.39 is 0 Å². The number of carbonyl (C=O) groups excluding carboxylic acids is 2. The van der Waals surface area contributed by atoms with Gasteiger partial charge in [-0.2, -0.15) is 5.10 Å². The Kier molecular flexibility index (Phi) is 9.14. The van der Waals surface area contributed by atoms with Crippen LogP contribution in [0.5, 0.6) is 11.5 Å². The fourth-order valence-electron chi connectivity index (χ4n) is 5.04. The first-order chi connectivity index (χ1) is 20.4. The van der Waals surface area contributed by atoms with Gasteiger partial charge in [0, 0.05) is 24.8 Å². The van der Waals surface area contributed by atoms with Gasteiger partial charge in [0.1, 0.15) is 12.4 Å². The Balaban J connectivity index is 1.76. The molecule has 2 amide bonds. The molecule has 0 aliphatic carbocycles. The van der Waals surface area contributed by atoms with Crippen LogP contribution in [0.1, 0.15) is 21.9 Å². The fraction of sp³-hybridized carbons (Fsp3) is 0.281. The Hall–Kier alpha value is -4.28. The number of thioether (sulfide) groups is 1. The summed E-state index contributed by atoms with van der Waals surface area (Å²) in [5.41, 5.74) is 5.26. The van der Waals surface area contributed by atoms with Crippen molar-refractivity contribution >= 4 is 29.4 Å². The third-order valence-corrected chi connectivity index (χ3v) is 8.28. The van der Waals surface area contributed by atoms with Crippen LogP contribution in [0.4, 0.5) is 5.82 Å². The molecule has 0 saturated heterocycles. The molecule has 42 heavy (non-hydrogen) atoms. The third-order valence-electron chi connectivity index (χ3n) is 7.02. The summed E-state index contributed by atoms with van der Waals surface area (Å²) in [5, 5.41) is 7.70. The molecule has 10 heteroatoms. The molecule has 9 nitrogen and oxygen atoms in total. The Morgan fingerprint density at radius 3 is 2.50 bits per heavy atom. The van der Waals surface area contributed by atoms with Gasteiger partial charge in [-0.05, 0) is 42.3 Å². The average molecular weight is 587 g/mol. The second-order valence-corrected chi connectivity index (χ2v) is 10.9. The number of anilines is 1. The molecule has 5 rings (SSSR count). The van der Waals surface area contributed by atoms with Crippen LogP contribution in [-0.2, 0) is 14.3 Å². The van der Waals surface area contributed by atoms with Crippen LogP contribution in [0.2, 0.25) is 0 Å². The second-order valence-electron chi connectivity index (χ2n) is 9.83. The Bertz CT molecular complexity index is 1570. The Morgan fingerprint density at radius 2 is 1.79 bits per heavy atom. The predicted molar refractivity (Wildman–Crippen MR) is 165 cm³/mol. The lowest BCUT2D eigenvalue weighted by Gasteiger charge is -2.23. The van der Waals surface area contributed by atoms with Gasteiger partial charge in [-0.15, -0.1) is 11.8 Å². The summed E-state index contributed by atoms with van der Waals surface area (Å²) < 4.78 is 18.0. The molecule has 0 radical (unpaired) electrons. The molecule has 1 N–H and O–H groups in total. The number of ether oxygens (including phenoxy) is 3. The first-order valence-corrected chi connectivity index (χ1v) is 14.6. The number of nitrogens with zero attached hydrogens (tertiary/aromatic N) is 3. The van der Waals surface area contributed by atoms with Gasteiger partial charge >= 0.3 is 0 Å². The van der Waals surface area contributed by atoms with E-state index in [0.29, 0.717) is 30.5 Å². The number of aromatic nitrogens is 2. The monoisotopic (exact) mass is 586 g/mol. The van der Waals surface area contributed by atoms with Crippen molar-refractivity contribution < 1.29 is 23.8 Å². The first kappa shape index (κ1) is 29.2. The standard InChI is InChI=1S/C32H34N4O5S/c1-21-9-8-12-24(17-21)36-32-29(30(34-36)22-10-6-5-7-11-22)31(23-13-14-25(40-3)26(18-23)41-4)42-20-28(38)35(32)19-27(37)33-15-16-39-2/h5-14,17-18,31H,15-16,19-20H2,1-4H3,(H,33,37)/t31-/m0/s1. The molecular weight excluding hydrogens is 552 g/mol. The van der Waals surface area contributed by atoms with Crippen molar-refractivity contribution in [3.05, 3.63) is 89.5 Å². The molecule has 0 saturated carbocycles. The van der Waals surface area contributed by atoms with E-state index in [1.165, 1.54) is 11.8 Å².